The lowest BCUT2D eigenvalue weighted by Crippen LogP contribution is -2.10. The molecule has 4 nitrogen and oxygen atoms in total. The third-order valence-electron chi connectivity index (χ3n) is 3.94. The molecule has 3 rings (SSSR count). The van der Waals surface area contributed by atoms with Gasteiger partial charge in [0.15, 0.2) is 0 Å². The summed E-state index contributed by atoms with van der Waals surface area (Å²) in [6.45, 7) is 1.51. The van der Waals surface area contributed by atoms with Gasteiger partial charge in [-0.1, -0.05) is 17.7 Å². The first kappa shape index (κ1) is 19.8. The van der Waals surface area contributed by atoms with Crippen LogP contribution in [0.25, 0.3) is 0 Å². The van der Waals surface area contributed by atoms with Crippen LogP contribution < -0.4 is 14.8 Å². The van der Waals surface area contributed by atoms with E-state index in [2.05, 4.69) is 16.1 Å². The highest BCUT2D eigenvalue weighted by molar-refractivity contribution is 7.12. The zero-order chi connectivity index (χ0) is 20.1. The number of anilines is 1. The van der Waals surface area contributed by atoms with Crippen LogP contribution >= 0.6 is 11.3 Å². The molecule has 1 N–H and O–H groups in total. The topological polar surface area (TPSA) is 47.6 Å². The van der Waals surface area contributed by atoms with Gasteiger partial charge in [-0.2, -0.15) is 8.78 Å². The summed E-state index contributed by atoms with van der Waals surface area (Å²) < 4.78 is 34.4. The summed E-state index contributed by atoms with van der Waals surface area (Å²) in [6.07, 6.45) is 0. The maximum absolute atomic E-state index is 12.4. The minimum absolute atomic E-state index is 0.0370. The number of benzene rings is 2. The molecule has 0 saturated heterocycles. The van der Waals surface area contributed by atoms with E-state index in [-0.39, 0.29) is 11.7 Å². The number of ether oxygens (including phenoxy) is 2. The predicted molar refractivity (Wildman–Crippen MR) is 106 cm³/mol. The molecule has 0 saturated carbocycles. The molecule has 7 heteroatoms. The molecule has 1 aromatic heterocycles. The zero-order valence-corrected chi connectivity index (χ0v) is 16.2. The SMILES string of the molecule is Cc1ccc(OCc2csc(C(=O)Nc3ccc(OC(F)F)cc3)c2)c(C)c1. The van der Waals surface area contributed by atoms with Gasteiger partial charge in [-0.15, -0.1) is 11.3 Å². The number of alkyl halides is 2. The molecule has 1 heterocycles. The standard InChI is InChI=1S/C21H19F2NO3S/c1-13-3-8-18(14(2)9-13)26-11-15-10-19(28-12-15)20(25)24-16-4-6-17(7-5-16)27-21(22)23/h3-10,12,21H,11H2,1-2H3,(H,24,25). The van der Waals surface area contributed by atoms with Crippen molar-refractivity contribution in [2.75, 3.05) is 5.32 Å². The Hall–Kier alpha value is -2.93. The fourth-order valence-electron chi connectivity index (χ4n) is 2.61. The van der Waals surface area contributed by atoms with E-state index < -0.39 is 6.61 Å². The van der Waals surface area contributed by atoms with Crippen molar-refractivity contribution in [3.63, 3.8) is 0 Å². The van der Waals surface area contributed by atoms with Gasteiger partial charge in [0.25, 0.3) is 5.91 Å². The van der Waals surface area contributed by atoms with Crippen LogP contribution in [0, 0.1) is 13.8 Å². The van der Waals surface area contributed by atoms with Gasteiger partial charge < -0.3 is 14.8 Å². The summed E-state index contributed by atoms with van der Waals surface area (Å²) >= 11 is 1.31. The van der Waals surface area contributed by atoms with Crippen molar-refractivity contribution in [2.24, 2.45) is 0 Å². The first-order valence-electron chi connectivity index (χ1n) is 8.54. The second-order valence-electron chi connectivity index (χ2n) is 6.23. The maximum Gasteiger partial charge on any atom is 0.387 e. The summed E-state index contributed by atoms with van der Waals surface area (Å²) in [4.78, 5) is 12.9. The Kier molecular flexibility index (Phi) is 6.26. The summed E-state index contributed by atoms with van der Waals surface area (Å²) in [5, 5.41) is 4.60. The Bertz CT molecular complexity index is 955. The first-order chi connectivity index (χ1) is 13.4. The minimum atomic E-state index is -2.88. The normalized spacial score (nSPS) is 10.8. The summed E-state index contributed by atoms with van der Waals surface area (Å²) in [6, 6.07) is 13.5. The lowest BCUT2D eigenvalue weighted by molar-refractivity contribution is -0.0498. The van der Waals surface area contributed by atoms with Crippen LogP contribution in [0.5, 0.6) is 11.5 Å². The number of hydrogen-bond donors (Lipinski definition) is 1. The third kappa shape index (κ3) is 5.29. The van der Waals surface area contributed by atoms with Crippen molar-refractivity contribution >= 4 is 22.9 Å². The van der Waals surface area contributed by atoms with E-state index in [9.17, 15) is 13.6 Å². The predicted octanol–water partition coefficient (Wildman–Crippen LogP) is 5.80. The van der Waals surface area contributed by atoms with Gasteiger partial charge in [0, 0.05) is 11.3 Å². The Morgan fingerprint density at radius 1 is 1.11 bits per heavy atom. The number of amides is 1. The van der Waals surface area contributed by atoms with Gasteiger partial charge in [0.2, 0.25) is 0 Å². The van der Waals surface area contributed by atoms with Gasteiger partial charge in [-0.05, 0) is 61.2 Å². The third-order valence-corrected chi connectivity index (χ3v) is 4.92. The van der Waals surface area contributed by atoms with Crippen LogP contribution in [-0.2, 0) is 6.61 Å². The van der Waals surface area contributed by atoms with E-state index in [4.69, 9.17) is 4.74 Å². The van der Waals surface area contributed by atoms with E-state index in [0.29, 0.717) is 17.2 Å². The largest absolute Gasteiger partial charge is 0.489 e. The molecular weight excluding hydrogens is 384 g/mol. The van der Waals surface area contributed by atoms with Gasteiger partial charge in [-0.3, -0.25) is 4.79 Å². The zero-order valence-electron chi connectivity index (χ0n) is 15.4. The molecule has 0 aliphatic carbocycles. The number of thiophene rings is 1. The molecule has 3 aromatic rings. The molecule has 0 fully saturated rings. The van der Waals surface area contributed by atoms with Crippen molar-refractivity contribution in [1.29, 1.82) is 0 Å². The highest BCUT2D eigenvalue weighted by atomic mass is 32.1. The van der Waals surface area contributed by atoms with E-state index in [1.54, 1.807) is 6.07 Å². The van der Waals surface area contributed by atoms with Gasteiger partial charge in [-0.25, -0.2) is 0 Å². The lowest BCUT2D eigenvalue weighted by Gasteiger charge is -2.08. The first-order valence-corrected chi connectivity index (χ1v) is 9.42. The molecule has 2 aromatic carbocycles. The van der Waals surface area contributed by atoms with Gasteiger partial charge in [0.1, 0.15) is 18.1 Å². The van der Waals surface area contributed by atoms with Crippen LogP contribution in [0.15, 0.2) is 53.9 Å². The van der Waals surface area contributed by atoms with Crippen LogP contribution in [0.2, 0.25) is 0 Å². The van der Waals surface area contributed by atoms with Crippen LogP contribution in [0.1, 0.15) is 26.4 Å². The molecule has 0 radical (unpaired) electrons. The number of halogens is 2. The molecule has 0 unspecified atom stereocenters. The van der Waals surface area contributed by atoms with Gasteiger partial charge in [0.05, 0.1) is 4.88 Å². The molecule has 0 atom stereocenters. The van der Waals surface area contributed by atoms with Crippen LogP contribution in [0.3, 0.4) is 0 Å². The Labute approximate surface area is 165 Å². The molecular formula is C21H19F2NO3S. The second kappa shape index (κ2) is 8.84. The number of carbonyl (C=O) groups excluding carboxylic acids is 1. The molecule has 0 spiro atoms. The number of carbonyl (C=O) groups is 1. The maximum atomic E-state index is 12.4. The van der Waals surface area contributed by atoms with E-state index in [1.807, 2.05) is 31.4 Å². The van der Waals surface area contributed by atoms with Gasteiger partial charge >= 0.3 is 6.61 Å². The van der Waals surface area contributed by atoms with Crippen LogP contribution in [-0.4, -0.2) is 12.5 Å². The molecule has 0 aliphatic heterocycles. The molecule has 146 valence electrons. The average molecular weight is 403 g/mol. The fraction of sp³-hybridized carbons (Fsp3) is 0.190. The molecule has 1 amide bonds. The van der Waals surface area contributed by atoms with Crippen molar-refractivity contribution in [2.45, 2.75) is 27.1 Å². The molecule has 0 aliphatic rings. The lowest BCUT2D eigenvalue weighted by atomic mass is 10.1. The van der Waals surface area contributed by atoms with Crippen LogP contribution in [0.4, 0.5) is 14.5 Å². The minimum Gasteiger partial charge on any atom is -0.489 e. The smallest absolute Gasteiger partial charge is 0.387 e. The van der Waals surface area contributed by atoms with E-state index in [1.165, 1.54) is 41.2 Å². The average Bonchev–Trinajstić information content (AvgIpc) is 3.11. The Morgan fingerprint density at radius 2 is 1.86 bits per heavy atom. The Balaban J connectivity index is 1.57. The molecule has 28 heavy (non-hydrogen) atoms. The highest BCUT2D eigenvalue weighted by Crippen LogP contribution is 2.23. The van der Waals surface area contributed by atoms with Crippen molar-refractivity contribution in [3.8, 4) is 11.5 Å². The van der Waals surface area contributed by atoms with Crippen molar-refractivity contribution in [1.82, 2.24) is 0 Å². The summed E-state index contributed by atoms with van der Waals surface area (Å²) in [5.74, 6) is 0.578. The number of hydrogen-bond acceptors (Lipinski definition) is 4. The molecule has 0 bridgehead atoms. The Morgan fingerprint density at radius 3 is 2.54 bits per heavy atom. The monoisotopic (exact) mass is 403 g/mol. The highest BCUT2D eigenvalue weighted by Gasteiger charge is 2.11. The summed E-state index contributed by atoms with van der Waals surface area (Å²) in [5.41, 5.74) is 3.63. The van der Waals surface area contributed by atoms with E-state index >= 15 is 0 Å². The quantitative estimate of drug-likeness (QED) is 0.543. The second-order valence-corrected chi connectivity index (χ2v) is 7.15. The van der Waals surface area contributed by atoms with Crippen molar-refractivity contribution in [3.05, 3.63) is 75.5 Å². The fourth-order valence-corrected chi connectivity index (χ4v) is 3.40. The van der Waals surface area contributed by atoms with E-state index in [0.717, 1.165) is 16.9 Å². The van der Waals surface area contributed by atoms with Crippen molar-refractivity contribution < 1.29 is 23.0 Å². The summed E-state index contributed by atoms with van der Waals surface area (Å²) in [7, 11) is 0. The number of aryl methyl sites for hydroxylation is 2. The number of rotatable bonds is 7. The number of nitrogens with one attached hydrogen (secondary N) is 1.